The molecule has 16 heavy (non-hydrogen) atoms. The summed E-state index contributed by atoms with van der Waals surface area (Å²) in [5, 5.41) is 0.864. The summed E-state index contributed by atoms with van der Waals surface area (Å²) >= 11 is 0. The molecule has 0 bridgehead atoms. The molecule has 0 aliphatic heterocycles. The first-order valence-electron chi connectivity index (χ1n) is 4.55. The maximum absolute atomic E-state index is 12.6. The number of nitrogen functional groups attached to an aromatic ring is 2. The van der Waals surface area contributed by atoms with Gasteiger partial charge >= 0.3 is 6.18 Å². The van der Waals surface area contributed by atoms with Crippen LogP contribution in [0.1, 0.15) is 5.56 Å². The molecule has 84 valence electrons. The van der Waals surface area contributed by atoms with Crippen molar-refractivity contribution in [1.82, 2.24) is 0 Å². The molecule has 0 saturated carbocycles. The van der Waals surface area contributed by atoms with E-state index in [1.165, 1.54) is 12.1 Å². The van der Waals surface area contributed by atoms with Gasteiger partial charge < -0.3 is 11.5 Å². The van der Waals surface area contributed by atoms with Gasteiger partial charge in [0.05, 0.1) is 11.3 Å². The van der Waals surface area contributed by atoms with Crippen molar-refractivity contribution >= 4 is 22.1 Å². The molecule has 0 aromatic heterocycles. The van der Waals surface area contributed by atoms with Gasteiger partial charge in [-0.3, -0.25) is 0 Å². The summed E-state index contributed by atoms with van der Waals surface area (Å²) < 4.78 is 37.7. The van der Waals surface area contributed by atoms with Gasteiger partial charge in [-0.05, 0) is 12.1 Å². The van der Waals surface area contributed by atoms with Gasteiger partial charge in [-0.2, -0.15) is 13.2 Å². The molecule has 0 spiro atoms. The summed E-state index contributed by atoms with van der Waals surface area (Å²) in [5.74, 6) is 0. The predicted octanol–water partition coefficient (Wildman–Crippen LogP) is 3.02. The standard InChI is InChI=1S/C11H9F3N2/c12-11(13,14)8-5-4-6-7(10(8)16)2-1-3-9(6)15/h1-5H,15-16H2. The summed E-state index contributed by atoms with van der Waals surface area (Å²) in [6, 6.07) is 7.01. The minimum absolute atomic E-state index is 0.280. The lowest BCUT2D eigenvalue weighted by Gasteiger charge is -2.12. The highest BCUT2D eigenvalue weighted by atomic mass is 19.4. The number of benzene rings is 2. The second kappa shape index (κ2) is 3.30. The van der Waals surface area contributed by atoms with Crippen molar-refractivity contribution in [3.8, 4) is 0 Å². The summed E-state index contributed by atoms with van der Waals surface area (Å²) in [6.07, 6.45) is -4.44. The van der Waals surface area contributed by atoms with Crippen LogP contribution < -0.4 is 11.5 Å². The summed E-state index contributed by atoms with van der Waals surface area (Å²) in [7, 11) is 0. The van der Waals surface area contributed by atoms with E-state index >= 15 is 0 Å². The van der Waals surface area contributed by atoms with Gasteiger partial charge in [-0.15, -0.1) is 0 Å². The maximum atomic E-state index is 12.6. The zero-order valence-electron chi connectivity index (χ0n) is 8.18. The number of alkyl halides is 3. The molecular weight excluding hydrogens is 217 g/mol. The van der Waals surface area contributed by atoms with Gasteiger partial charge in [0.25, 0.3) is 0 Å². The highest BCUT2D eigenvalue weighted by Crippen LogP contribution is 2.38. The fraction of sp³-hybridized carbons (Fsp3) is 0.0909. The molecule has 5 heteroatoms. The Balaban J connectivity index is 2.81. The third-order valence-electron chi connectivity index (χ3n) is 2.44. The highest BCUT2D eigenvalue weighted by molar-refractivity contribution is 6.01. The van der Waals surface area contributed by atoms with Crippen molar-refractivity contribution in [2.45, 2.75) is 6.18 Å². The van der Waals surface area contributed by atoms with Gasteiger partial charge in [-0.1, -0.05) is 18.2 Å². The van der Waals surface area contributed by atoms with Crippen LogP contribution in [0.5, 0.6) is 0 Å². The zero-order chi connectivity index (χ0) is 11.9. The number of fused-ring (bicyclic) bond motifs is 1. The number of halogens is 3. The van der Waals surface area contributed by atoms with Crippen molar-refractivity contribution in [1.29, 1.82) is 0 Å². The van der Waals surface area contributed by atoms with Crippen LogP contribution in [0.2, 0.25) is 0 Å². The molecule has 0 saturated heterocycles. The first-order valence-corrected chi connectivity index (χ1v) is 4.55. The SMILES string of the molecule is Nc1cccc2c(N)c(C(F)(F)F)ccc12. The topological polar surface area (TPSA) is 52.0 Å². The van der Waals surface area contributed by atoms with E-state index in [1.54, 1.807) is 12.1 Å². The van der Waals surface area contributed by atoms with Crippen molar-refractivity contribution in [2.24, 2.45) is 0 Å². The lowest BCUT2D eigenvalue weighted by Crippen LogP contribution is -2.09. The largest absolute Gasteiger partial charge is 0.418 e. The fourth-order valence-corrected chi connectivity index (χ4v) is 1.65. The fourth-order valence-electron chi connectivity index (χ4n) is 1.65. The number of anilines is 2. The molecule has 0 heterocycles. The molecular formula is C11H9F3N2. The minimum Gasteiger partial charge on any atom is -0.398 e. The van der Waals surface area contributed by atoms with Crippen LogP contribution in [0.4, 0.5) is 24.5 Å². The summed E-state index contributed by atoms with van der Waals surface area (Å²) in [6.45, 7) is 0. The average Bonchev–Trinajstić information content (AvgIpc) is 2.18. The van der Waals surface area contributed by atoms with Gasteiger partial charge in [0.2, 0.25) is 0 Å². The molecule has 2 rings (SSSR count). The van der Waals surface area contributed by atoms with Gasteiger partial charge in [-0.25, -0.2) is 0 Å². The Labute approximate surface area is 89.7 Å². The first-order chi connectivity index (χ1) is 7.41. The van der Waals surface area contributed by atoms with Crippen LogP contribution in [0.3, 0.4) is 0 Å². The van der Waals surface area contributed by atoms with E-state index in [-0.39, 0.29) is 5.69 Å². The van der Waals surface area contributed by atoms with Crippen LogP contribution in [-0.4, -0.2) is 0 Å². The Bertz CT molecular complexity index is 547. The molecule has 0 unspecified atom stereocenters. The van der Waals surface area contributed by atoms with E-state index in [4.69, 9.17) is 11.5 Å². The van der Waals surface area contributed by atoms with Crippen LogP contribution in [0.25, 0.3) is 10.8 Å². The molecule has 2 aromatic rings. The monoisotopic (exact) mass is 226 g/mol. The van der Waals surface area contributed by atoms with E-state index in [2.05, 4.69) is 0 Å². The van der Waals surface area contributed by atoms with Gasteiger partial charge in [0, 0.05) is 16.5 Å². The van der Waals surface area contributed by atoms with Crippen molar-refractivity contribution < 1.29 is 13.2 Å². The molecule has 0 aliphatic rings. The molecule has 4 N–H and O–H groups in total. The van der Waals surface area contributed by atoms with Crippen molar-refractivity contribution in [3.63, 3.8) is 0 Å². The second-order valence-corrected chi connectivity index (χ2v) is 3.47. The third-order valence-corrected chi connectivity index (χ3v) is 2.44. The molecule has 0 aliphatic carbocycles. The van der Waals surface area contributed by atoms with Crippen LogP contribution in [-0.2, 0) is 6.18 Å². The molecule has 0 amide bonds. The van der Waals surface area contributed by atoms with Crippen LogP contribution >= 0.6 is 0 Å². The molecule has 0 fully saturated rings. The lowest BCUT2D eigenvalue weighted by molar-refractivity contribution is -0.136. The Hall–Kier alpha value is -1.91. The quantitative estimate of drug-likeness (QED) is 0.678. The zero-order valence-corrected chi connectivity index (χ0v) is 8.18. The Morgan fingerprint density at radius 2 is 1.56 bits per heavy atom. The maximum Gasteiger partial charge on any atom is 0.418 e. The normalized spacial score (nSPS) is 11.9. The van der Waals surface area contributed by atoms with E-state index in [9.17, 15) is 13.2 Å². The Kier molecular flexibility index (Phi) is 2.18. The molecule has 2 aromatic carbocycles. The van der Waals surface area contributed by atoms with Crippen molar-refractivity contribution in [2.75, 3.05) is 11.5 Å². The average molecular weight is 226 g/mol. The number of hydrogen-bond donors (Lipinski definition) is 2. The van der Waals surface area contributed by atoms with Crippen molar-refractivity contribution in [3.05, 3.63) is 35.9 Å². The smallest absolute Gasteiger partial charge is 0.398 e. The third kappa shape index (κ3) is 1.54. The highest BCUT2D eigenvalue weighted by Gasteiger charge is 2.33. The van der Waals surface area contributed by atoms with Crippen LogP contribution in [0.15, 0.2) is 30.3 Å². The predicted molar refractivity (Wildman–Crippen MR) is 57.8 cm³/mol. The molecule has 0 atom stereocenters. The Morgan fingerprint density at radius 3 is 2.19 bits per heavy atom. The molecule has 2 nitrogen and oxygen atoms in total. The second-order valence-electron chi connectivity index (χ2n) is 3.47. The van der Waals surface area contributed by atoms with E-state index in [0.717, 1.165) is 6.07 Å². The van der Waals surface area contributed by atoms with Gasteiger partial charge in [0.1, 0.15) is 0 Å². The van der Waals surface area contributed by atoms with Crippen LogP contribution in [0, 0.1) is 0 Å². The van der Waals surface area contributed by atoms with E-state index in [1.807, 2.05) is 0 Å². The van der Waals surface area contributed by atoms with E-state index < -0.39 is 11.7 Å². The Morgan fingerprint density at radius 1 is 0.875 bits per heavy atom. The summed E-state index contributed by atoms with van der Waals surface area (Å²) in [4.78, 5) is 0. The van der Waals surface area contributed by atoms with E-state index in [0.29, 0.717) is 16.5 Å². The van der Waals surface area contributed by atoms with Gasteiger partial charge in [0.15, 0.2) is 0 Å². The first kappa shape index (κ1) is 10.6. The molecule has 0 radical (unpaired) electrons. The number of nitrogens with two attached hydrogens (primary N) is 2. The summed E-state index contributed by atoms with van der Waals surface area (Å²) in [5.41, 5.74) is 10.5. The number of rotatable bonds is 0. The number of hydrogen-bond acceptors (Lipinski definition) is 2. The minimum atomic E-state index is -4.44. The lowest BCUT2D eigenvalue weighted by atomic mass is 10.0.